The zero-order valence-corrected chi connectivity index (χ0v) is 21.6. The van der Waals surface area contributed by atoms with Crippen LogP contribution in [0.5, 0.6) is 0 Å². The summed E-state index contributed by atoms with van der Waals surface area (Å²) in [5, 5.41) is 10.3. The first-order valence-electron chi connectivity index (χ1n) is 13.1. The van der Waals surface area contributed by atoms with Crippen molar-refractivity contribution < 1.29 is 27.3 Å². The lowest BCUT2D eigenvalue weighted by molar-refractivity contribution is -0.141. The predicted molar refractivity (Wildman–Crippen MR) is 141 cm³/mol. The van der Waals surface area contributed by atoms with Crippen LogP contribution in [-0.2, 0) is 11.0 Å². The third-order valence-corrected chi connectivity index (χ3v) is 6.88. The summed E-state index contributed by atoms with van der Waals surface area (Å²) in [6, 6.07) is 19.8. The van der Waals surface area contributed by atoms with Gasteiger partial charge in [-0.1, -0.05) is 53.7 Å². The number of alkyl halides is 3. The standard InChI is InChI=1S/C29H28F3N5O3/c30-29(31,32)27-23(19-37(34-27)22-12-5-2-6-13-22)28(39)33-15-7-14-26(38)36-16-8-11-21(18-36)24-17-25(40-35-24)20-9-3-1-4-10-20/h1-6,9-10,12-13,17,19,21H,7-8,11,14-16,18H2,(H,33,39). The molecule has 0 aliphatic carbocycles. The number of rotatable bonds is 8. The molecule has 0 radical (unpaired) electrons. The van der Waals surface area contributed by atoms with Crippen LogP contribution >= 0.6 is 0 Å². The second-order valence-electron chi connectivity index (χ2n) is 9.69. The molecule has 3 heterocycles. The Kier molecular flexibility index (Phi) is 7.99. The van der Waals surface area contributed by atoms with E-state index in [1.165, 1.54) is 0 Å². The first-order valence-corrected chi connectivity index (χ1v) is 13.1. The number of hydrogen-bond acceptors (Lipinski definition) is 5. The number of carbonyl (C=O) groups excluding carboxylic acids is 2. The van der Waals surface area contributed by atoms with Gasteiger partial charge in [-0.25, -0.2) is 4.68 Å². The van der Waals surface area contributed by atoms with Crippen LogP contribution in [0.1, 0.15) is 53.3 Å². The molecular formula is C29H28F3N5O3. The summed E-state index contributed by atoms with van der Waals surface area (Å²) in [6.07, 6.45) is -1.55. The number of likely N-dealkylation sites (tertiary alicyclic amines) is 1. The molecule has 1 atom stereocenters. The molecule has 0 bridgehead atoms. The van der Waals surface area contributed by atoms with E-state index in [1.807, 2.05) is 36.4 Å². The molecule has 8 nitrogen and oxygen atoms in total. The third kappa shape index (κ3) is 6.24. The van der Waals surface area contributed by atoms with Crippen molar-refractivity contribution in [3.63, 3.8) is 0 Å². The van der Waals surface area contributed by atoms with Gasteiger partial charge in [-0.15, -0.1) is 0 Å². The average molecular weight is 552 g/mol. The van der Waals surface area contributed by atoms with E-state index in [0.29, 0.717) is 31.0 Å². The first-order chi connectivity index (χ1) is 19.3. The summed E-state index contributed by atoms with van der Waals surface area (Å²) in [5.41, 5.74) is 0.318. The predicted octanol–water partition coefficient (Wildman–Crippen LogP) is 5.46. The highest BCUT2D eigenvalue weighted by atomic mass is 19.4. The van der Waals surface area contributed by atoms with E-state index in [-0.39, 0.29) is 24.8 Å². The fourth-order valence-electron chi connectivity index (χ4n) is 4.82. The minimum Gasteiger partial charge on any atom is -0.356 e. The van der Waals surface area contributed by atoms with Gasteiger partial charge in [0.15, 0.2) is 11.5 Å². The Morgan fingerprint density at radius 3 is 2.50 bits per heavy atom. The van der Waals surface area contributed by atoms with Crippen LogP contribution in [0.25, 0.3) is 17.0 Å². The van der Waals surface area contributed by atoms with Crippen LogP contribution < -0.4 is 5.32 Å². The van der Waals surface area contributed by atoms with Gasteiger partial charge in [-0.3, -0.25) is 9.59 Å². The van der Waals surface area contributed by atoms with E-state index in [9.17, 15) is 22.8 Å². The molecule has 1 unspecified atom stereocenters. The van der Waals surface area contributed by atoms with Crippen molar-refractivity contribution in [3.05, 3.63) is 89.9 Å². The number of para-hydroxylation sites is 1. The SMILES string of the molecule is O=C(NCCCC(=O)N1CCCC(c2cc(-c3ccccc3)on2)C1)c1cn(-c2ccccc2)nc1C(F)(F)F. The molecular weight excluding hydrogens is 523 g/mol. The topological polar surface area (TPSA) is 93.3 Å². The van der Waals surface area contributed by atoms with E-state index in [2.05, 4.69) is 15.6 Å². The molecule has 1 N–H and O–H groups in total. The van der Waals surface area contributed by atoms with Gasteiger partial charge in [-0.05, 0) is 31.4 Å². The monoisotopic (exact) mass is 551 g/mol. The molecule has 2 aromatic heterocycles. The Bertz CT molecular complexity index is 1450. The second kappa shape index (κ2) is 11.8. The van der Waals surface area contributed by atoms with Gasteiger partial charge in [0.25, 0.3) is 5.91 Å². The smallest absolute Gasteiger partial charge is 0.356 e. The molecule has 1 aliphatic heterocycles. The number of piperidine rings is 1. The number of benzene rings is 2. The maximum absolute atomic E-state index is 13.6. The number of carbonyl (C=O) groups is 2. The fourth-order valence-corrected chi connectivity index (χ4v) is 4.82. The summed E-state index contributed by atoms with van der Waals surface area (Å²) in [5.74, 6) is -0.225. The molecule has 1 saturated heterocycles. The number of aromatic nitrogens is 3. The van der Waals surface area contributed by atoms with Gasteiger partial charge < -0.3 is 14.7 Å². The van der Waals surface area contributed by atoms with E-state index in [4.69, 9.17) is 4.52 Å². The molecule has 2 aromatic carbocycles. The third-order valence-electron chi connectivity index (χ3n) is 6.88. The molecule has 208 valence electrons. The van der Waals surface area contributed by atoms with Gasteiger partial charge in [0.1, 0.15) is 0 Å². The summed E-state index contributed by atoms with van der Waals surface area (Å²) >= 11 is 0. The average Bonchev–Trinajstić information content (AvgIpc) is 3.65. The van der Waals surface area contributed by atoms with Gasteiger partial charge >= 0.3 is 6.18 Å². The van der Waals surface area contributed by atoms with Gasteiger partial charge in [0.05, 0.1) is 16.9 Å². The normalized spacial score (nSPS) is 15.7. The van der Waals surface area contributed by atoms with Crippen LogP contribution in [-0.4, -0.2) is 51.3 Å². The van der Waals surface area contributed by atoms with Crippen LogP contribution in [0.15, 0.2) is 77.4 Å². The molecule has 1 fully saturated rings. The minimum absolute atomic E-state index is 0.0549. The minimum atomic E-state index is -4.79. The Balaban J connectivity index is 1.14. The number of nitrogens with one attached hydrogen (secondary N) is 1. The van der Waals surface area contributed by atoms with Crippen LogP contribution in [0.4, 0.5) is 13.2 Å². The van der Waals surface area contributed by atoms with Crippen LogP contribution in [0, 0.1) is 0 Å². The lowest BCUT2D eigenvalue weighted by atomic mass is 9.94. The summed E-state index contributed by atoms with van der Waals surface area (Å²) in [4.78, 5) is 27.3. The van der Waals surface area contributed by atoms with Crippen molar-refractivity contribution in [3.8, 4) is 17.0 Å². The summed E-state index contributed by atoms with van der Waals surface area (Å²) in [7, 11) is 0. The van der Waals surface area contributed by atoms with E-state index >= 15 is 0 Å². The zero-order valence-electron chi connectivity index (χ0n) is 21.6. The van der Waals surface area contributed by atoms with Crippen molar-refractivity contribution in [2.45, 2.75) is 37.8 Å². The Morgan fingerprint density at radius 1 is 1.05 bits per heavy atom. The fraction of sp³-hybridized carbons (Fsp3) is 0.310. The van der Waals surface area contributed by atoms with Crippen LogP contribution in [0.2, 0.25) is 0 Å². The maximum atomic E-state index is 13.6. The van der Waals surface area contributed by atoms with Crippen molar-refractivity contribution in [2.24, 2.45) is 0 Å². The van der Waals surface area contributed by atoms with Crippen molar-refractivity contribution in [1.82, 2.24) is 25.2 Å². The van der Waals surface area contributed by atoms with Crippen molar-refractivity contribution in [2.75, 3.05) is 19.6 Å². The van der Waals surface area contributed by atoms with E-state index < -0.39 is 23.3 Å². The summed E-state index contributed by atoms with van der Waals surface area (Å²) in [6.45, 7) is 1.19. The van der Waals surface area contributed by atoms with Gasteiger partial charge in [0, 0.05) is 49.8 Å². The van der Waals surface area contributed by atoms with Crippen molar-refractivity contribution >= 4 is 11.8 Å². The highest BCUT2D eigenvalue weighted by molar-refractivity contribution is 5.95. The number of hydrogen-bond donors (Lipinski definition) is 1. The molecule has 0 spiro atoms. The second-order valence-corrected chi connectivity index (χ2v) is 9.69. The van der Waals surface area contributed by atoms with E-state index in [0.717, 1.165) is 35.0 Å². The lowest BCUT2D eigenvalue weighted by Crippen LogP contribution is -2.39. The number of nitrogens with zero attached hydrogens (tertiary/aromatic N) is 4. The largest absolute Gasteiger partial charge is 0.435 e. The number of halogens is 3. The molecule has 40 heavy (non-hydrogen) atoms. The summed E-state index contributed by atoms with van der Waals surface area (Å²) < 4.78 is 47.2. The lowest BCUT2D eigenvalue weighted by Gasteiger charge is -2.32. The number of amides is 2. The Labute approximate surface area is 228 Å². The Hall–Kier alpha value is -4.41. The first kappa shape index (κ1) is 27.2. The van der Waals surface area contributed by atoms with E-state index in [1.54, 1.807) is 35.2 Å². The van der Waals surface area contributed by atoms with Crippen LogP contribution in [0.3, 0.4) is 0 Å². The highest BCUT2D eigenvalue weighted by Gasteiger charge is 2.39. The zero-order chi connectivity index (χ0) is 28.1. The molecule has 4 aromatic rings. The Morgan fingerprint density at radius 2 is 1.77 bits per heavy atom. The maximum Gasteiger partial charge on any atom is 0.435 e. The molecule has 1 aliphatic rings. The molecule has 11 heteroatoms. The molecule has 5 rings (SSSR count). The molecule has 0 saturated carbocycles. The molecule has 2 amide bonds. The van der Waals surface area contributed by atoms with Gasteiger partial charge in [0.2, 0.25) is 5.91 Å². The van der Waals surface area contributed by atoms with Gasteiger partial charge in [-0.2, -0.15) is 18.3 Å². The van der Waals surface area contributed by atoms with Crippen molar-refractivity contribution in [1.29, 1.82) is 0 Å². The quantitative estimate of drug-likeness (QED) is 0.294. The highest BCUT2D eigenvalue weighted by Crippen LogP contribution is 2.32.